The van der Waals surface area contributed by atoms with E-state index in [1.54, 1.807) is 0 Å². The van der Waals surface area contributed by atoms with Crippen molar-refractivity contribution >= 4 is 23.2 Å². The number of aliphatic hydroxyl groups excluding tert-OH is 1. The third-order valence-electron chi connectivity index (χ3n) is 3.65. The minimum atomic E-state index is 0.0287. The van der Waals surface area contributed by atoms with Gasteiger partial charge in [-0.1, -0.05) is 13.0 Å². The highest BCUT2D eigenvalue weighted by atomic mass is 32.2. The van der Waals surface area contributed by atoms with Gasteiger partial charge in [-0.3, -0.25) is 4.40 Å². The summed E-state index contributed by atoms with van der Waals surface area (Å²) >= 11 is 2.04. The Hall–Kier alpha value is -1.20. The zero-order chi connectivity index (χ0) is 13.2. The van der Waals surface area contributed by atoms with Gasteiger partial charge >= 0.3 is 0 Å². The van der Waals surface area contributed by atoms with Crippen LogP contribution in [0.2, 0.25) is 0 Å². The van der Waals surface area contributed by atoms with Crippen molar-refractivity contribution in [3.63, 3.8) is 0 Å². The Bertz CT molecular complexity index is 569. The largest absolute Gasteiger partial charge is 0.390 e. The summed E-state index contributed by atoms with van der Waals surface area (Å²) in [5, 5.41) is 10.3. The molecule has 4 nitrogen and oxygen atoms in total. The fourth-order valence-corrected chi connectivity index (χ4v) is 3.77. The van der Waals surface area contributed by atoms with Gasteiger partial charge in [-0.2, -0.15) is 11.8 Å². The second-order valence-corrected chi connectivity index (χ2v) is 6.22. The second kappa shape index (κ2) is 5.43. The summed E-state index contributed by atoms with van der Waals surface area (Å²) in [5.41, 5.74) is 1.81. The first kappa shape index (κ1) is 12.8. The van der Waals surface area contributed by atoms with E-state index in [2.05, 4.69) is 11.8 Å². The van der Waals surface area contributed by atoms with Crippen LogP contribution >= 0.6 is 11.8 Å². The van der Waals surface area contributed by atoms with E-state index in [1.165, 1.54) is 6.42 Å². The third-order valence-corrected chi connectivity index (χ3v) is 5.02. The van der Waals surface area contributed by atoms with Crippen molar-refractivity contribution in [1.82, 2.24) is 9.38 Å². The lowest BCUT2D eigenvalue weighted by atomic mass is 10.3. The van der Waals surface area contributed by atoms with E-state index in [-0.39, 0.29) is 6.61 Å². The molecule has 19 heavy (non-hydrogen) atoms. The number of aromatic nitrogens is 2. The molecule has 3 rings (SSSR count). The second-order valence-electron chi connectivity index (χ2n) is 4.82. The maximum Gasteiger partial charge on any atom is 0.153 e. The first-order valence-corrected chi connectivity index (χ1v) is 7.81. The fourth-order valence-electron chi connectivity index (χ4n) is 2.59. The normalized spacial score (nSPS) is 20.1. The molecular formula is C14H19N3OS. The Balaban J connectivity index is 1.99. The molecule has 5 heteroatoms. The van der Waals surface area contributed by atoms with Crippen molar-refractivity contribution in [1.29, 1.82) is 0 Å². The number of pyridine rings is 1. The highest BCUT2D eigenvalue weighted by Gasteiger charge is 2.24. The molecule has 2 aromatic rings. The highest BCUT2D eigenvalue weighted by Crippen LogP contribution is 2.28. The quantitative estimate of drug-likeness (QED) is 0.933. The van der Waals surface area contributed by atoms with Gasteiger partial charge in [0.1, 0.15) is 5.65 Å². The molecule has 1 aliphatic heterocycles. The minimum Gasteiger partial charge on any atom is -0.390 e. The molecule has 1 unspecified atom stereocenters. The van der Waals surface area contributed by atoms with Crippen molar-refractivity contribution in [3.05, 3.63) is 30.1 Å². The van der Waals surface area contributed by atoms with Crippen molar-refractivity contribution in [2.45, 2.75) is 25.2 Å². The predicted octanol–water partition coefficient (Wildman–Crippen LogP) is 2.16. The number of hydrogen-bond acceptors (Lipinski definition) is 4. The smallest absolute Gasteiger partial charge is 0.153 e. The van der Waals surface area contributed by atoms with Gasteiger partial charge in [0, 0.05) is 30.3 Å². The number of thioether (sulfide) groups is 1. The molecule has 0 spiro atoms. The number of nitrogens with zero attached hydrogens (tertiary/aromatic N) is 3. The summed E-state index contributed by atoms with van der Waals surface area (Å²) in [6, 6.07) is 5.94. The van der Waals surface area contributed by atoms with Crippen LogP contribution in [0.5, 0.6) is 0 Å². The van der Waals surface area contributed by atoms with Gasteiger partial charge in [0.15, 0.2) is 5.82 Å². The van der Waals surface area contributed by atoms with Crippen LogP contribution in [0, 0.1) is 0 Å². The van der Waals surface area contributed by atoms with Crippen molar-refractivity contribution in [2.24, 2.45) is 0 Å². The summed E-state index contributed by atoms with van der Waals surface area (Å²) in [4.78, 5) is 7.02. The first-order valence-electron chi connectivity index (χ1n) is 6.77. The lowest BCUT2D eigenvalue weighted by molar-refractivity contribution is 0.276. The maximum absolute atomic E-state index is 9.67. The molecule has 0 amide bonds. The first-order chi connectivity index (χ1) is 9.33. The van der Waals surface area contributed by atoms with Crippen LogP contribution in [0.25, 0.3) is 5.65 Å². The molecule has 3 heterocycles. The Morgan fingerprint density at radius 3 is 3.16 bits per heavy atom. The highest BCUT2D eigenvalue weighted by molar-refractivity contribution is 8.00. The SMILES string of the molecule is CCC1CN(c2nc3ccccn3c2CO)CCS1. The Labute approximate surface area is 117 Å². The molecule has 2 aromatic heterocycles. The van der Waals surface area contributed by atoms with Gasteiger partial charge in [0.25, 0.3) is 0 Å². The molecule has 0 aromatic carbocycles. The Morgan fingerprint density at radius 2 is 2.37 bits per heavy atom. The van der Waals surface area contributed by atoms with Crippen LogP contribution in [-0.4, -0.2) is 38.6 Å². The van der Waals surface area contributed by atoms with Crippen molar-refractivity contribution in [2.75, 3.05) is 23.7 Å². The van der Waals surface area contributed by atoms with E-state index in [0.717, 1.165) is 36.0 Å². The summed E-state index contributed by atoms with van der Waals surface area (Å²) in [5.74, 6) is 2.09. The predicted molar refractivity (Wildman–Crippen MR) is 79.9 cm³/mol. The summed E-state index contributed by atoms with van der Waals surface area (Å²) in [7, 11) is 0. The van der Waals surface area contributed by atoms with Crippen LogP contribution in [-0.2, 0) is 6.61 Å². The van der Waals surface area contributed by atoms with E-state index >= 15 is 0 Å². The molecule has 0 bridgehead atoms. The molecule has 0 radical (unpaired) electrons. The molecule has 102 valence electrons. The lowest BCUT2D eigenvalue weighted by Crippen LogP contribution is -2.38. The molecule has 0 aliphatic carbocycles. The zero-order valence-corrected chi connectivity index (χ0v) is 11.9. The van der Waals surface area contributed by atoms with Crippen LogP contribution < -0.4 is 4.90 Å². The number of hydrogen-bond donors (Lipinski definition) is 1. The van der Waals surface area contributed by atoms with Gasteiger partial charge in [-0.25, -0.2) is 4.98 Å². The topological polar surface area (TPSA) is 40.8 Å². The van der Waals surface area contributed by atoms with E-state index in [0.29, 0.717) is 5.25 Å². The van der Waals surface area contributed by atoms with E-state index in [9.17, 15) is 5.11 Å². The number of anilines is 1. The van der Waals surface area contributed by atoms with Gasteiger partial charge in [0.05, 0.1) is 12.3 Å². The van der Waals surface area contributed by atoms with Crippen LogP contribution in [0.4, 0.5) is 5.82 Å². The number of aliphatic hydroxyl groups is 1. The van der Waals surface area contributed by atoms with Crippen molar-refractivity contribution < 1.29 is 5.11 Å². The van der Waals surface area contributed by atoms with E-state index < -0.39 is 0 Å². The lowest BCUT2D eigenvalue weighted by Gasteiger charge is -2.32. The number of imidazole rings is 1. The fraction of sp³-hybridized carbons (Fsp3) is 0.500. The van der Waals surface area contributed by atoms with Crippen molar-refractivity contribution in [3.8, 4) is 0 Å². The van der Waals surface area contributed by atoms with Crippen LogP contribution in [0.1, 0.15) is 19.0 Å². The van der Waals surface area contributed by atoms with Gasteiger partial charge in [-0.05, 0) is 18.6 Å². The monoisotopic (exact) mass is 277 g/mol. The molecule has 1 atom stereocenters. The van der Waals surface area contributed by atoms with Gasteiger partial charge < -0.3 is 10.0 Å². The van der Waals surface area contributed by atoms with E-state index in [1.807, 2.05) is 40.6 Å². The van der Waals surface area contributed by atoms with Gasteiger partial charge in [-0.15, -0.1) is 0 Å². The Kier molecular flexibility index (Phi) is 3.66. The third kappa shape index (κ3) is 2.32. The standard InChI is InChI=1S/C14H19N3OS/c1-2-11-9-16(7-8-19-11)14-12(10-18)17-6-4-3-5-13(17)15-14/h3-6,11,18H,2,7-10H2,1H3. The minimum absolute atomic E-state index is 0.0287. The molecule has 1 aliphatic rings. The molecule has 0 saturated carbocycles. The van der Waals surface area contributed by atoms with Gasteiger partial charge in [0.2, 0.25) is 0 Å². The number of fused-ring (bicyclic) bond motifs is 1. The Morgan fingerprint density at radius 1 is 1.47 bits per heavy atom. The zero-order valence-electron chi connectivity index (χ0n) is 11.1. The van der Waals surface area contributed by atoms with Crippen LogP contribution in [0.3, 0.4) is 0 Å². The maximum atomic E-state index is 9.67. The number of rotatable bonds is 3. The average molecular weight is 277 g/mol. The summed E-state index contributed by atoms with van der Waals surface area (Å²) in [6.07, 6.45) is 3.15. The molecule has 1 N–H and O–H groups in total. The van der Waals surface area contributed by atoms with E-state index in [4.69, 9.17) is 4.98 Å². The molecule has 1 fully saturated rings. The molecular weight excluding hydrogens is 258 g/mol. The summed E-state index contributed by atoms with van der Waals surface area (Å²) < 4.78 is 1.98. The molecule has 1 saturated heterocycles. The van der Waals surface area contributed by atoms with Crippen LogP contribution in [0.15, 0.2) is 24.4 Å². The summed E-state index contributed by atoms with van der Waals surface area (Å²) in [6.45, 7) is 4.30. The average Bonchev–Trinajstić information content (AvgIpc) is 2.86.